The van der Waals surface area contributed by atoms with Crippen molar-refractivity contribution < 1.29 is 29.3 Å². The van der Waals surface area contributed by atoms with Gasteiger partial charge in [-0.2, -0.15) is 0 Å². The summed E-state index contributed by atoms with van der Waals surface area (Å²) in [5.74, 6) is -0.929. The van der Waals surface area contributed by atoms with E-state index >= 15 is 0 Å². The van der Waals surface area contributed by atoms with Crippen LogP contribution in [0.4, 0.5) is 0 Å². The Labute approximate surface area is 207 Å². The molecule has 2 aromatic heterocycles. The molecule has 3 N–H and O–H groups in total. The van der Waals surface area contributed by atoms with E-state index in [9.17, 15) is 24.6 Å². The first-order valence-electron chi connectivity index (χ1n) is 11.4. The number of aromatic carboxylic acids is 1. The summed E-state index contributed by atoms with van der Waals surface area (Å²) in [4.78, 5) is 41.4. The SMILES string of the molecule is CC1C[C@H](O)OC(C)[C@@H]1OC(=O)CCNCCSc1cnc2c(c1)c(=O)c(C(=O)O)cn2N(C)C. The lowest BCUT2D eigenvalue weighted by atomic mass is 9.94. The molecule has 0 aromatic carbocycles. The highest BCUT2D eigenvalue weighted by molar-refractivity contribution is 7.99. The van der Waals surface area contributed by atoms with Gasteiger partial charge in [0.2, 0.25) is 5.43 Å². The molecule has 1 fully saturated rings. The van der Waals surface area contributed by atoms with Crippen molar-refractivity contribution >= 4 is 34.7 Å². The van der Waals surface area contributed by atoms with Crippen molar-refractivity contribution in [3.8, 4) is 0 Å². The third-order valence-corrected chi connectivity index (χ3v) is 6.72. The van der Waals surface area contributed by atoms with Gasteiger partial charge in [-0.1, -0.05) is 6.92 Å². The van der Waals surface area contributed by atoms with Crippen LogP contribution in [0.1, 0.15) is 37.0 Å². The molecular formula is C23H32N4O7S. The zero-order valence-electron chi connectivity index (χ0n) is 20.3. The highest BCUT2D eigenvalue weighted by Gasteiger charge is 2.35. The lowest BCUT2D eigenvalue weighted by Crippen LogP contribution is -2.45. The summed E-state index contributed by atoms with van der Waals surface area (Å²) in [5.41, 5.74) is -0.505. The van der Waals surface area contributed by atoms with E-state index in [4.69, 9.17) is 9.47 Å². The molecule has 1 saturated heterocycles. The molecule has 4 atom stereocenters. The van der Waals surface area contributed by atoms with Crippen LogP contribution in [0.5, 0.6) is 0 Å². The maximum Gasteiger partial charge on any atom is 0.341 e. The second kappa shape index (κ2) is 11.8. The van der Waals surface area contributed by atoms with Crippen LogP contribution in [0.3, 0.4) is 0 Å². The predicted octanol–water partition coefficient (Wildman–Crippen LogP) is 1.04. The van der Waals surface area contributed by atoms with Crippen molar-refractivity contribution in [2.75, 3.05) is 37.9 Å². The molecule has 0 aliphatic carbocycles. The molecule has 0 amide bonds. The number of esters is 1. The van der Waals surface area contributed by atoms with Crippen molar-refractivity contribution in [2.45, 2.75) is 50.1 Å². The van der Waals surface area contributed by atoms with Gasteiger partial charge in [-0.15, -0.1) is 11.8 Å². The highest BCUT2D eigenvalue weighted by Crippen LogP contribution is 2.26. The molecule has 2 unspecified atom stereocenters. The second-order valence-electron chi connectivity index (χ2n) is 8.72. The number of pyridine rings is 2. The van der Waals surface area contributed by atoms with Crippen LogP contribution >= 0.6 is 11.8 Å². The van der Waals surface area contributed by atoms with Crippen molar-refractivity contribution in [1.82, 2.24) is 15.0 Å². The van der Waals surface area contributed by atoms with Gasteiger partial charge in [-0.25, -0.2) is 14.5 Å². The Kier molecular flexibility index (Phi) is 9.11. The Morgan fingerprint density at radius 1 is 1.34 bits per heavy atom. The molecule has 12 heteroatoms. The number of carbonyl (C=O) groups is 2. The molecule has 1 aliphatic rings. The first kappa shape index (κ1) is 26.9. The van der Waals surface area contributed by atoms with E-state index in [1.54, 1.807) is 38.3 Å². The van der Waals surface area contributed by atoms with Crippen molar-refractivity contribution in [3.63, 3.8) is 0 Å². The topological polar surface area (TPSA) is 143 Å². The first-order valence-corrected chi connectivity index (χ1v) is 12.4. The molecule has 3 rings (SSSR count). The second-order valence-corrected chi connectivity index (χ2v) is 9.89. The number of carboxylic acids is 1. The van der Waals surface area contributed by atoms with E-state index < -0.39 is 17.7 Å². The molecule has 2 aromatic rings. The van der Waals surface area contributed by atoms with Gasteiger partial charge in [0.15, 0.2) is 11.9 Å². The minimum atomic E-state index is -1.29. The number of carboxylic acid groups (broad SMARTS) is 1. The molecule has 0 spiro atoms. The maximum absolute atomic E-state index is 12.6. The fourth-order valence-corrected chi connectivity index (χ4v) is 4.80. The standard InChI is InChI=1S/C23H32N4O7S/c1-13-9-19(29)33-14(2)21(13)34-18(28)5-6-24-7-8-35-15-10-16-20(30)17(23(31)32)12-27(26(3)4)22(16)25-11-15/h10-14,19,21,24,29H,5-9H2,1-4H3,(H,31,32)/t13?,14?,19-,21-/m1/s1. The fraction of sp³-hybridized carbons (Fsp3) is 0.565. The quantitative estimate of drug-likeness (QED) is 0.241. The number of nitrogens with zero attached hydrogens (tertiary/aromatic N) is 3. The van der Waals surface area contributed by atoms with Gasteiger partial charge in [0.25, 0.3) is 0 Å². The number of hydrogen-bond donors (Lipinski definition) is 3. The highest BCUT2D eigenvalue weighted by atomic mass is 32.2. The lowest BCUT2D eigenvalue weighted by molar-refractivity contribution is -0.221. The molecule has 3 heterocycles. The van der Waals surface area contributed by atoms with Crippen LogP contribution in [0.25, 0.3) is 11.0 Å². The monoisotopic (exact) mass is 508 g/mol. The molecule has 0 radical (unpaired) electrons. The van der Waals surface area contributed by atoms with Gasteiger partial charge in [0.1, 0.15) is 11.7 Å². The molecule has 192 valence electrons. The number of hydrogen-bond acceptors (Lipinski definition) is 10. The summed E-state index contributed by atoms with van der Waals surface area (Å²) in [6.07, 6.45) is 2.01. The van der Waals surface area contributed by atoms with E-state index in [1.807, 2.05) is 6.92 Å². The van der Waals surface area contributed by atoms with Gasteiger partial charge >= 0.3 is 11.9 Å². The molecule has 1 aliphatic heterocycles. The van der Waals surface area contributed by atoms with Crippen LogP contribution in [0.2, 0.25) is 0 Å². The van der Waals surface area contributed by atoms with E-state index in [1.165, 1.54) is 22.6 Å². The van der Waals surface area contributed by atoms with Gasteiger partial charge < -0.3 is 30.0 Å². The maximum atomic E-state index is 12.6. The number of aromatic nitrogens is 2. The number of fused-ring (bicyclic) bond motifs is 1. The largest absolute Gasteiger partial charge is 0.477 e. The van der Waals surface area contributed by atoms with Crippen LogP contribution in [0, 0.1) is 5.92 Å². The minimum Gasteiger partial charge on any atom is -0.477 e. The lowest BCUT2D eigenvalue weighted by Gasteiger charge is -2.36. The van der Waals surface area contributed by atoms with Gasteiger partial charge in [-0.3, -0.25) is 9.59 Å². The first-order chi connectivity index (χ1) is 16.6. The zero-order chi connectivity index (χ0) is 25.7. The van der Waals surface area contributed by atoms with Crippen molar-refractivity contribution in [2.24, 2.45) is 5.92 Å². The van der Waals surface area contributed by atoms with Crippen molar-refractivity contribution in [1.29, 1.82) is 0 Å². The Balaban J connectivity index is 1.49. The number of rotatable bonds is 10. The van der Waals surface area contributed by atoms with Gasteiger partial charge in [0, 0.05) is 62.6 Å². The Hall–Kier alpha value is -2.67. The number of ether oxygens (including phenoxy) is 2. The van der Waals surface area contributed by atoms with Crippen LogP contribution in [0.15, 0.2) is 28.2 Å². The number of carbonyl (C=O) groups excluding carboxylic acids is 1. The summed E-state index contributed by atoms with van der Waals surface area (Å²) in [5, 5.41) is 24.1. The Bertz CT molecular complexity index is 1110. The Morgan fingerprint density at radius 2 is 2.09 bits per heavy atom. The summed E-state index contributed by atoms with van der Waals surface area (Å²) in [7, 11) is 3.46. The molecule has 11 nitrogen and oxygen atoms in total. The minimum absolute atomic E-state index is 0.0195. The molecule has 0 saturated carbocycles. The van der Waals surface area contributed by atoms with Gasteiger partial charge in [-0.05, 0) is 13.0 Å². The number of nitrogens with one attached hydrogen (secondary N) is 1. The molecule has 0 bridgehead atoms. The fourth-order valence-electron chi connectivity index (χ4n) is 3.99. The van der Waals surface area contributed by atoms with E-state index in [2.05, 4.69) is 10.3 Å². The smallest absolute Gasteiger partial charge is 0.341 e. The average molecular weight is 509 g/mol. The third kappa shape index (κ3) is 6.72. The number of aliphatic hydroxyl groups is 1. The van der Waals surface area contributed by atoms with E-state index in [0.717, 1.165) is 4.90 Å². The third-order valence-electron chi connectivity index (χ3n) is 5.75. The van der Waals surface area contributed by atoms with E-state index in [-0.39, 0.29) is 41.5 Å². The van der Waals surface area contributed by atoms with Crippen LogP contribution < -0.4 is 15.8 Å². The summed E-state index contributed by atoms with van der Waals surface area (Å²) >= 11 is 1.47. The summed E-state index contributed by atoms with van der Waals surface area (Å²) in [6, 6.07) is 1.66. The average Bonchev–Trinajstić information content (AvgIpc) is 2.78. The number of thioether (sulfide) groups is 1. The number of aliphatic hydroxyl groups excluding tert-OH is 1. The van der Waals surface area contributed by atoms with Gasteiger partial charge in [0.05, 0.1) is 17.9 Å². The normalized spacial score (nSPS) is 22.2. The summed E-state index contributed by atoms with van der Waals surface area (Å²) in [6.45, 7) is 4.77. The molecule has 35 heavy (non-hydrogen) atoms. The van der Waals surface area contributed by atoms with Crippen LogP contribution in [-0.2, 0) is 14.3 Å². The summed E-state index contributed by atoms with van der Waals surface area (Å²) < 4.78 is 12.4. The zero-order valence-corrected chi connectivity index (χ0v) is 21.1. The Morgan fingerprint density at radius 3 is 2.74 bits per heavy atom. The van der Waals surface area contributed by atoms with Crippen LogP contribution in [-0.4, -0.2) is 83.2 Å². The predicted molar refractivity (Wildman–Crippen MR) is 131 cm³/mol. The van der Waals surface area contributed by atoms with Crippen molar-refractivity contribution in [3.05, 3.63) is 34.2 Å². The molecular weight excluding hydrogens is 476 g/mol. The van der Waals surface area contributed by atoms with E-state index in [0.29, 0.717) is 30.9 Å².